The number of benzene rings is 3. The first kappa shape index (κ1) is 35.3. The average molecular weight is 724 g/mol. The van der Waals surface area contributed by atoms with Gasteiger partial charge in [-0.2, -0.15) is 0 Å². The topological polar surface area (TPSA) is 159 Å². The molecule has 4 aromatic rings. The lowest BCUT2D eigenvalue weighted by Gasteiger charge is -2.37. The molecule has 4 atom stereocenters. The van der Waals surface area contributed by atoms with Crippen molar-refractivity contribution >= 4 is 27.2 Å². The number of aliphatic hydroxyl groups is 1. The van der Waals surface area contributed by atoms with Crippen LogP contribution in [0.15, 0.2) is 101 Å². The number of methoxy groups -OCH3 is 2. The quantitative estimate of drug-likeness (QED) is 0.182. The van der Waals surface area contributed by atoms with Gasteiger partial charge in [0.05, 0.1) is 32.3 Å². The minimum Gasteiger partial charge on any atom is -0.497 e. The number of hydrogen-bond donors (Lipinski definition) is 2. The highest BCUT2D eigenvalue weighted by atomic mass is 32.2. The maximum Gasteiger partial charge on any atom is 0.330 e. The van der Waals surface area contributed by atoms with Gasteiger partial charge in [-0.3, -0.25) is 14.3 Å². The van der Waals surface area contributed by atoms with Gasteiger partial charge in [-0.05, 0) is 53.2 Å². The SMILES string of the molecule is COc1ccc(C(OC[C@H]2O[C@@H](n3ccc(=O)[nH]c3=O)[C@@H](OC(=S)N3CCS(=O)(=O)CC3)C2O)(c2ccccc2)c2ccc(OC)cc2)cc1. The van der Waals surface area contributed by atoms with E-state index in [-0.39, 0.29) is 36.4 Å². The second kappa shape index (κ2) is 14.7. The average Bonchev–Trinajstić information content (AvgIpc) is 3.43. The van der Waals surface area contributed by atoms with Crippen LogP contribution in [-0.4, -0.2) is 96.9 Å². The van der Waals surface area contributed by atoms with Crippen molar-refractivity contribution in [3.8, 4) is 11.5 Å². The summed E-state index contributed by atoms with van der Waals surface area (Å²) in [7, 11) is -0.0321. The van der Waals surface area contributed by atoms with Crippen molar-refractivity contribution in [2.45, 2.75) is 30.1 Å². The molecule has 15 heteroatoms. The van der Waals surface area contributed by atoms with Crippen molar-refractivity contribution in [3.05, 3.63) is 129 Å². The normalized spacial score (nSPS) is 21.8. The van der Waals surface area contributed by atoms with Crippen LogP contribution in [0.3, 0.4) is 0 Å². The summed E-state index contributed by atoms with van der Waals surface area (Å²) in [5.74, 6) is 1.10. The van der Waals surface area contributed by atoms with E-state index >= 15 is 0 Å². The monoisotopic (exact) mass is 723 g/mol. The van der Waals surface area contributed by atoms with Gasteiger partial charge in [-0.15, -0.1) is 0 Å². The summed E-state index contributed by atoms with van der Waals surface area (Å²) in [6.45, 7) is 0.0330. The molecule has 2 saturated heterocycles. The Morgan fingerprint density at radius 3 is 2.00 bits per heavy atom. The molecule has 50 heavy (non-hydrogen) atoms. The number of nitrogens with one attached hydrogen (secondary N) is 1. The Morgan fingerprint density at radius 2 is 1.46 bits per heavy atom. The Labute approximate surface area is 293 Å². The first-order valence-electron chi connectivity index (χ1n) is 15.8. The number of thiocarbonyl (C=S) groups is 1. The molecule has 0 spiro atoms. The Balaban J connectivity index is 1.37. The third-order valence-corrected chi connectivity index (χ3v) is 10.9. The number of nitrogens with zero attached hydrogens (tertiary/aromatic N) is 2. The van der Waals surface area contributed by atoms with Crippen LogP contribution in [0, 0.1) is 0 Å². The van der Waals surface area contributed by atoms with Gasteiger partial charge in [0, 0.05) is 25.4 Å². The van der Waals surface area contributed by atoms with Crippen molar-refractivity contribution in [2.75, 3.05) is 45.4 Å². The Morgan fingerprint density at radius 1 is 0.900 bits per heavy atom. The summed E-state index contributed by atoms with van der Waals surface area (Å²) in [4.78, 5) is 28.6. The fourth-order valence-corrected chi connectivity index (χ4v) is 7.70. The highest BCUT2D eigenvalue weighted by molar-refractivity contribution is 7.91. The maximum atomic E-state index is 13.0. The molecule has 3 aromatic carbocycles. The predicted molar refractivity (Wildman–Crippen MR) is 187 cm³/mol. The van der Waals surface area contributed by atoms with Crippen LogP contribution in [0.4, 0.5) is 0 Å². The van der Waals surface area contributed by atoms with Crippen LogP contribution < -0.4 is 20.7 Å². The predicted octanol–water partition coefficient (Wildman–Crippen LogP) is 2.22. The van der Waals surface area contributed by atoms with Gasteiger partial charge < -0.3 is 33.7 Å². The molecule has 1 unspecified atom stereocenters. The minimum atomic E-state index is -3.20. The molecule has 0 saturated carbocycles. The molecule has 264 valence electrons. The van der Waals surface area contributed by atoms with Crippen LogP contribution in [-0.2, 0) is 29.6 Å². The zero-order chi connectivity index (χ0) is 35.5. The Hall–Kier alpha value is -4.54. The molecule has 13 nitrogen and oxygen atoms in total. The Bertz CT molecular complexity index is 1960. The fraction of sp³-hybridized carbons (Fsp3) is 0.343. The lowest BCUT2D eigenvalue weighted by molar-refractivity contribution is -0.0957. The van der Waals surface area contributed by atoms with Gasteiger partial charge in [-0.25, -0.2) is 13.2 Å². The van der Waals surface area contributed by atoms with E-state index in [1.54, 1.807) is 19.1 Å². The number of aromatic nitrogens is 2. The van der Waals surface area contributed by atoms with E-state index in [0.717, 1.165) is 27.3 Å². The van der Waals surface area contributed by atoms with Gasteiger partial charge >= 0.3 is 5.69 Å². The van der Waals surface area contributed by atoms with E-state index in [0.29, 0.717) is 11.5 Å². The third-order valence-electron chi connectivity index (χ3n) is 8.92. The maximum absolute atomic E-state index is 13.0. The molecule has 2 aliphatic rings. The second-order valence-corrected chi connectivity index (χ2v) is 14.5. The van der Waals surface area contributed by atoms with Gasteiger partial charge in [0.1, 0.15) is 29.3 Å². The van der Waals surface area contributed by atoms with Crippen LogP contribution in [0.1, 0.15) is 22.9 Å². The van der Waals surface area contributed by atoms with Crippen LogP contribution in [0.25, 0.3) is 0 Å². The number of ether oxygens (including phenoxy) is 5. The summed E-state index contributed by atoms with van der Waals surface area (Å²) in [6.07, 6.45) is -3.66. The fourth-order valence-electron chi connectivity index (χ4n) is 6.20. The lowest BCUT2D eigenvalue weighted by atomic mass is 9.80. The molecule has 0 radical (unpaired) electrons. The zero-order valence-corrected chi connectivity index (χ0v) is 29.0. The molecule has 0 bridgehead atoms. The minimum absolute atomic E-state index is 0.0494. The van der Waals surface area contributed by atoms with Crippen molar-refractivity contribution in [1.82, 2.24) is 14.5 Å². The summed E-state index contributed by atoms with van der Waals surface area (Å²) in [5, 5.41) is 11.7. The number of hydrogen-bond acceptors (Lipinski definition) is 11. The summed E-state index contributed by atoms with van der Waals surface area (Å²) < 4.78 is 55.4. The number of sulfone groups is 1. The standard InChI is InChI=1S/C35H37N3O10S2/c1-44-26-12-8-24(9-13-26)35(23-6-4-3-5-7-23,25-10-14-27(45-2)15-11-25)46-22-28-30(40)31(32(47-28)38-17-16-29(39)36-33(38)41)48-34(49)37-18-20-50(42,43)21-19-37/h3-17,28,30-32,40H,18-22H2,1-2H3,(H,36,39,41)/t28-,30?,31+,32-/m1/s1. The summed E-state index contributed by atoms with van der Waals surface area (Å²) in [6, 6.07) is 25.6. The summed E-state index contributed by atoms with van der Waals surface area (Å²) >= 11 is 5.54. The van der Waals surface area contributed by atoms with Gasteiger partial charge in [0.25, 0.3) is 10.7 Å². The number of H-pyrrole nitrogens is 1. The first-order valence-corrected chi connectivity index (χ1v) is 18.1. The Kier molecular flexibility index (Phi) is 10.4. The largest absolute Gasteiger partial charge is 0.497 e. The van der Waals surface area contributed by atoms with Crippen molar-refractivity contribution in [1.29, 1.82) is 0 Å². The molecule has 2 N–H and O–H groups in total. The second-order valence-electron chi connectivity index (χ2n) is 11.9. The molecule has 6 rings (SSSR count). The van der Waals surface area contributed by atoms with Crippen LogP contribution in [0.2, 0.25) is 0 Å². The molecule has 2 aliphatic heterocycles. The first-order chi connectivity index (χ1) is 24.0. The van der Waals surface area contributed by atoms with Crippen molar-refractivity contribution in [3.63, 3.8) is 0 Å². The van der Waals surface area contributed by atoms with Crippen molar-refractivity contribution < 1.29 is 37.2 Å². The molecule has 3 heterocycles. The van der Waals surface area contributed by atoms with E-state index < -0.39 is 51.2 Å². The molecule has 0 aliphatic carbocycles. The molecule has 1 aromatic heterocycles. The highest BCUT2D eigenvalue weighted by Gasteiger charge is 2.49. The van der Waals surface area contributed by atoms with E-state index in [9.17, 15) is 23.1 Å². The van der Waals surface area contributed by atoms with Crippen LogP contribution in [0.5, 0.6) is 11.5 Å². The molecule has 0 amide bonds. The highest BCUT2D eigenvalue weighted by Crippen LogP contribution is 2.43. The van der Waals surface area contributed by atoms with E-state index in [2.05, 4.69) is 4.98 Å². The number of rotatable bonds is 10. The number of aromatic amines is 1. The van der Waals surface area contributed by atoms with Gasteiger partial charge in [0.15, 0.2) is 22.2 Å². The zero-order valence-electron chi connectivity index (χ0n) is 27.3. The van der Waals surface area contributed by atoms with Crippen LogP contribution >= 0.6 is 12.2 Å². The third kappa shape index (κ3) is 7.18. The summed E-state index contributed by atoms with van der Waals surface area (Å²) in [5.41, 5.74) is -0.339. The molecular weight excluding hydrogens is 687 g/mol. The molecule has 2 fully saturated rings. The molecular formula is C35H37N3O10S2. The number of aliphatic hydroxyl groups excluding tert-OH is 1. The lowest BCUT2D eigenvalue weighted by Crippen LogP contribution is -2.47. The van der Waals surface area contributed by atoms with Gasteiger partial charge in [-0.1, -0.05) is 54.6 Å². The van der Waals surface area contributed by atoms with Crippen molar-refractivity contribution in [2.24, 2.45) is 0 Å². The van der Waals surface area contributed by atoms with E-state index in [1.165, 1.54) is 6.20 Å². The van der Waals surface area contributed by atoms with Gasteiger partial charge in [0.2, 0.25) is 0 Å². The smallest absolute Gasteiger partial charge is 0.330 e. The van der Waals surface area contributed by atoms with E-state index in [1.807, 2.05) is 78.9 Å². The van der Waals surface area contributed by atoms with E-state index in [4.69, 9.17) is 35.9 Å².